The van der Waals surface area contributed by atoms with Gasteiger partial charge in [-0.05, 0) is 12.1 Å². The first-order valence-electron chi connectivity index (χ1n) is 4.65. The summed E-state index contributed by atoms with van der Waals surface area (Å²) < 4.78 is 23.5. The summed E-state index contributed by atoms with van der Waals surface area (Å²) in [5.74, 6) is 0. The first-order valence-corrected chi connectivity index (χ1v) is 9.64. The Morgan fingerprint density at radius 1 is 1.07 bits per heavy atom. The summed E-state index contributed by atoms with van der Waals surface area (Å²) >= 11 is 0. The molecule has 15 heavy (non-hydrogen) atoms. The van der Waals surface area contributed by atoms with Crippen LogP contribution in [0.15, 0.2) is 35.2 Å². The van der Waals surface area contributed by atoms with Crippen molar-refractivity contribution in [3.8, 4) is 10.8 Å². The zero-order valence-corrected chi connectivity index (χ0v) is 10.9. The van der Waals surface area contributed by atoms with E-state index in [2.05, 4.69) is 10.8 Å². The molecule has 0 saturated carbocycles. The summed E-state index contributed by atoms with van der Waals surface area (Å²) in [6.07, 6.45) is 0. The molecule has 2 nitrogen and oxygen atoms in total. The lowest BCUT2D eigenvalue weighted by Gasteiger charge is -2.03. The molecule has 0 N–H and O–H groups in total. The molecule has 0 bridgehead atoms. The third kappa shape index (κ3) is 3.90. The van der Waals surface area contributed by atoms with E-state index in [1.807, 2.05) is 19.6 Å². The topological polar surface area (TPSA) is 34.1 Å². The quantitative estimate of drug-likeness (QED) is 0.556. The number of sulfone groups is 1. The van der Waals surface area contributed by atoms with Crippen molar-refractivity contribution >= 4 is 17.9 Å². The van der Waals surface area contributed by atoms with Gasteiger partial charge in [0.25, 0.3) is 0 Å². The predicted molar refractivity (Wildman–Crippen MR) is 64.7 cm³/mol. The van der Waals surface area contributed by atoms with E-state index in [1.54, 1.807) is 30.3 Å². The van der Waals surface area contributed by atoms with Crippen LogP contribution >= 0.6 is 0 Å². The summed E-state index contributed by atoms with van der Waals surface area (Å²) in [5, 5.41) is 2.40. The molecule has 0 spiro atoms. The van der Waals surface area contributed by atoms with Crippen LogP contribution in [-0.4, -0.2) is 16.5 Å². The second-order valence-corrected chi connectivity index (χ2v) is 10.7. The average molecular weight is 238 g/mol. The molecule has 80 valence electrons. The third-order valence-electron chi connectivity index (χ3n) is 1.61. The van der Waals surface area contributed by atoms with Gasteiger partial charge in [-0.25, -0.2) is 8.42 Å². The highest BCUT2D eigenvalue weighted by molar-refractivity contribution is 7.96. The van der Waals surface area contributed by atoms with Gasteiger partial charge in [0.15, 0.2) is 0 Å². The molecule has 0 aliphatic rings. The number of rotatable bonds is 1. The molecule has 0 radical (unpaired) electrons. The van der Waals surface area contributed by atoms with Crippen LogP contribution in [0.5, 0.6) is 0 Å². The summed E-state index contributed by atoms with van der Waals surface area (Å²) in [5.41, 5.74) is 2.86. The zero-order valence-electron chi connectivity index (χ0n) is 9.11. The lowest BCUT2D eigenvalue weighted by molar-refractivity contribution is 0.606. The normalized spacial score (nSPS) is 11.7. The van der Waals surface area contributed by atoms with Gasteiger partial charge in [-0.1, -0.05) is 37.8 Å². The molecule has 4 heteroatoms. The Kier molecular flexibility index (Phi) is 3.37. The fraction of sp³-hybridized carbons (Fsp3) is 0.273. The van der Waals surface area contributed by atoms with E-state index in [1.165, 1.54) is 0 Å². The molecule has 0 aliphatic carbocycles. The number of benzene rings is 1. The van der Waals surface area contributed by atoms with Crippen molar-refractivity contribution in [2.24, 2.45) is 0 Å². The minimum absolute atomic E-state index is 0.274. The molecule has 0 unspecified atom stereocenters. The second kappa shape index (κ2) is 4.21. The van der Waals surface area contributed by atoms with Gasteiger partial charge in [-0.2, -0.15) is 0 Å². The van der Waals surface area contributed by atoms with Gasteiger partial charge in [0.05, 0.1) is 4.90 Å². The molecule has 0 heterocycles. The number of hydrogen-bond donors (Lipinski definition) is 0. The van der Waals surface area contributed by atoms with Gasteiger partial charge in [0, 0.05) is 5.25 Å². The second-order valence-electron chi connectivity index (χ2n) is 4.29. The lowest BCUT2D eigenvalue weighted by atomic mass is 10.4. The van der Waals surface area contributed by atoms with Crippen LogP contribution in [0.3, 0.4) is 0 Å². The average Bonchev–Trinajstić information content (AvgIpc) is 2.16. The first-order chi connectivity index (χ1) is 6.81. The molecule has 1 aromatic rings. The Bertz CT molecular complexity index is 487. The van der Waals surface area contributed by atoms with Crippen molar-refractivity contribution in [2.45, 2.75) is 24.5 Å². The largest absolute Gasteiger partial charge is 0.244 e. The lowest BCUT2D eigenvalue weighted by Crippen LogP contribution is -2.17. The van der Waals surface area contributed by atoms with Crippen LogP contribution in [0.2, 0.25) is 19.6 Å². The van der Waals surface area contributed by atoms with E-state index in [4.69, 9.17) is 0 Å². The van der Waals surface area contributed by atoms with Gasteiger partial charge in [0.2, 0.25) is 9.84 Å². The molecule has 0 fully saturated rings. The maximum Gasteiger partial charge on any atom is 0.244 e. The van der Waals surface area contributed by atoms with Crippen molar-refractivity contribution in [3.63, 3.8) is 0 Å². The number of hydrogen-bond acceptors (Lipinski definition) is 2. The van der Waals surface area contributed by atoms with Gasteiger partial charge in [0.1, 0.15) is 8.07 Å². The van der Waals surface area contributed by atoms with Gasteiger partial charge in [-0.3, -0.25) is 0 Å². The predicted octanol–water partition coefficient (Wildman–Crippen LogP) is 2.30. The van der Waals surface area contributed by atoms with Crippen molar-refractivity contribution < 1.29 is 8.42 Å². The minimum Gasteiger partial charge on any atom is -0.210 e. The van der Waals surface area contributed by atoms with E-state index in [0.29, 0.717) is 0 Å². The maximum absolute atomic E-state index is 11.7. The summed E-state index contributed by atoms with van der Waals surface area (Å²) in [6, 6.07) is 8.31. The Labute approximate surface area is 92.3 Å². The van der Waals surface area contributed by atoms with Crippen molar-refractivity contribution in [3.05, 3.63) is 30.3 Å². The molecule has 0 atom stereocenters. The molecule has 0 aromatic heterocycles. The van der Waals surface area contributed by atoms with E-state index in [0.717, 1.165) is 0 Å². The van der Waals surface area contributed by atoms with Crippen LogP contribution in [0.4, 0.5) is 0 Å². The Morgan fingerprint density at radius 2 is 1.60 bits per heavy atom. The van der Waals surface area contributed by atoms with Crippen LogP contribution in [-0.2, 0) is 9.84 Å². The van der Waals surface area contributed by atoms with Crippen LogP contribution < -0.4 is 0 Å². The van der Waals surface area contributed by atoms with Gasteiger partial charge in [-0.15, -0.1) is 5.54 Å². The maximum atomic E-state index is 11.7. The van der Waals surface area contributed by atoms with Gasteiger partial charge >= 0.3 is 0 Å². The van der Waals surface area contributed by atoms with Crippen LogP contribution in [0.25, 0.3) is 0 Å². The first kappa shape index (κ1) is 12.0. The van der Waals surface area contributed by atoms with Crippen LogP contribution in [0.1, 0.15) is 0 Å². The zero-order chi connectivity index (χ0) is 11.5. The minimum atomic E-state index is -3.42. The molecule has 1 rings (SSSR count). The monoisotopic (exact) mass is 238 g/mol. The van der Waals surface area contributed by atoms with E-state index in [-0.39, 0.29) is 4.90 Å². The molecular weight excluding hydrogens is 224 g/mol. The van der Waals surface area contributed by atoms with Gasteiger partial charge < -0.3 is 0 Å². The molecule has 1 aromatic carbocycles. The standard InChI is InChI=1S/C11H14O2SSi/c1-15(2,3)10-9-14(12,13)11-7-5-4-6-8-11/h4-8H,1-3H3. The van der Waals surface area contributed by atoms with Crippen molar-refractivity contribution in [1.82, 2.24) is 0 Å². The Morgan fingerprint density at radius 3 is 2.07 bits per heavy atom. The van der Waals surface area contributed by atoms with Crippen molar-refractivity contribution in [1.29, 1.82) is 0 Å². The highest BCUT2D eigenvalue weighted by Gasteiger charge is 2.13. The Hall–Kier alpha value is -1.05. The van der Waals surface area contributed by atoms with Crippen molar-refractivity contribution in [2.75, 3.05) is 0 Å². The van der Waals surface area contributed by atoms with Crippen LogP contribution in [0, 0.1) is 10.8 Å². The third-order valence-corrected chi connectivity index (χ3v) is 3.93. The smallest absolute Gasteiger partial charge is 0.210 e. The molecule has 0 aliphatic heterocycles. The SMILES string of the molecule is C[Si](C)(C)C#CS(=O)(=O)c1ccccc1. The Balaban J connectivity index is 3.10. The summed E-state index contributed by atoms with van der Waals surface area (Å²) in [7, 11) is -5.06. The molecule has 0 saturated heterocycles. The fourth-order valence-electron chi connectivity index (χ4n) is 0.879. The molecular formula is C11H14O2SSi. The highest BCUT2D eigenvalue weighted by atomic mass is 32.2. The molecule has 0 amide bonds. The highest BCUT2D eigenvalue weighted by Crippen LogP contribution is 2.09. The van der Waals surface area contributed by atoms with E-state index >= 15 is 0 Å². The van der Waals surface area contributed by atoms with E-state index < -0.39 is 17.9 Å². The van der Waals surface area contributed by atoms with E-state index in [9.17, 15) is 8.42 Å². The summed E-state index contributed by atoms with van der Waals surface area (Å²) in [6.45, 7) is 6.04. The fourth-order valence-corrected chi connectivity index (χ4v) is 3.27. The summed E-state index contributed by atoms with van der Waals surface area (Å²) in [4.78, 5) is 0.274.